The molecule has 0 spiro atoms. The van der Waals surface area contributed by atoms with Gasteiger partial charge in [0, 0.05) is 13.5 Å². The number of urea groups is 1. The molecule has 11 heteroatoms. The van der Waals surface area contributed by atoms with Crippen molar-refractivity contribution in [2.75, 3.05) is 36.0 Å². The summed E-state index contributed by atoms with van der Waals surface area (Å²) in [7, 11) is 0. The molecule has 0 aromatic heterocycles. The van der Waals surface area contributed by atoms with Crippen molar-refractivity contribution in [1.29, 1.82) is 0 Å². The van der Waals surface area contributed by atoms with Gasteiger partial charge < -0.3 is 20.7 Å². The van der Waals surface area contributed by atoms with E-state index in [1.807, 2.05) is 0 Å². The van der Waals surface area contributed by atoms with Gasteiger partial charge in [-0.15, -0.1) is 0 Å². The molecule has 0 bridgehead atoms. The summed E-state index contributed by atoms with van der Waals surface area (Å²) in [5.41, 5.74) is 5.75. The Labute approximate surface area is 154 Å². The number of halogens is 1. The van der Waals surface area contributed by atoms with Crippen molar-refractivity contribution in [2.24, 2.45) is 10.8 Å². The normalized spacial score (nSPS) is 19.3. The lowest BCUT2D eigenvalue weighted by Crippen LogP contribution is -2.43. The van der Waals surface area contributed by atoms with Gasteiger partial charge in [-0.25, -0.2) is 19.0 Å². The number of hydrazone groups is 1. The highest BCUT2D eigenvalue weighted by atomic mass is 19.1. The number of nitrogens with zero attached hydrogens (tertiary/aromatic N) is 4. The molecule has 0 saturated carbocycles. The zero-order valence-electron chi connectivity index (χ0n) is 14.6. The average molecular weight is 378 g/mol. The number of amides is 4. The standard InChI is InChI=1S/C16H19FN6O4/c1-10(24)19-7-12-8-22(16(26)27-12)11-2-3-14(13(17)6-11)21-4-5-23(15(18)25)20-9-21/h2-3,6,9,12H,4-5,7-8H2,1H3,(H2,18,25)(H,19,24)/t12-/m0/s1. The molecule has 2 aliphatic heterocycles. The molecule has 1 saturated heterocycles. The summed E-state index contributed by atoms with van der Waals surface area (Å²) < 4.78 is 19.7. The van der Waals surface area contributed by atoms with E-state index in [4.69, 9.17) is 10.5 Å². The molecule has 1 atom stereocenters. The van der Waals surface area contributed by atoms with Crippen molar-refractivity contribution in [2.45, 2.75) is 13.0 Å². The van der Waals surface area contributed by atoms with Gasteiger partial charge in [0.1, 0.15) is 18.3 Å². The monoisotopic (exact) mass is 378 g/mol. The minimum atomic E-state index is -0.678. The van der Waals surface area contributed by atoms with Gasteiger partial charge in [-0.05, 0) is 18.2 Å². The number of primary amides is 1. The fourth-order valence-corrected chi connectivity index (χ4v) is 2.79. The predicted octanol–water partition coefficient (Wildman–Crippen LogP) is 0.431. The highest BCUT2D eigenvalue weighted by Gasteiger charge is 2.33. The minimum absolute atomic E-state index is 0.193. The Kier molecular flexibility index (Phi) is 5.10. The second-order valence-electron chi connectivity index (χ2n) is 6.07. The lowest BCUT2D eigenvalue weighted by molar-refractivity contribution is -0.119. The van der Waals surface area contributed by atoms with Gasteiger partial charge >= 0.3 is 12.1 Å². The smallest absolute Gasteiger partial charge is 0.414 e. The maximum Gasteiger partial charge on any atom is 0.414 e. The number of hydrogen-bond acceptors (Lipinski definition) is 6. The van der Waals surface area contributed by atoms with Crippen LogP contribution in [0, 0.1) is 5.82 Å². The van der Waals surface area contributed by atoms with Crippen LogP contribution in [0.4, 0.5) is 25.4 Å². The van der Waals surface area contributed by atoms with E-state index < -0.39 is 24.0 Å². The Hall–Kier alpha value is -3.37. The number of carbonyl (C=O) groups is 3. The molecule has 1 fully saturated rings. The quantitative estimate of drug-likeness (QED) is 0.787. The lowest BCUT2D eigenvalue weighted by Gasteiger charge is -2.28. The molecule has 0 radical (unpaired) electrons. The number of hydrogen-bond donors (Lipinski definition) is 2. The number of cyclic esters (lactones) is 1. The summed E-state index contributed by atoms with van der Waals surface area (Å²) in [6.45, 7) is 2.33. The largest absolute Gasteiger partial charge is 0.442 e. The first-order chi connectivity index (χ1) is 12.8. The zero-order valence-corrected chi connectivity index (χ0v) is 14.6. The van der Waals surface area contributed by atoms with Crippen LogP contribution in [-0.4, -0.2) is 61.7 Å². The Balaban J connectivity index is 1.70. The number of carbonyl (C=O) groups excluding carboxylic acids is 3. The molecule has 2 aliphatic rings. The maximum absolute atomic E-state index is 14.6. The number of benzene rings is 1. The van der Waals surface area contributed by atoms with E-state index >= 15 is 0 Å². The van der Waals surface area contributed by atoms with Gasteiger partial charge in [-0.2, -0.15) is 5.10 Å². The second-order valence-corrected chi connectivity index (χ2v) is 6.07. The molecule has 4 amide bonds. The number of nitrogens with one attached hydrogen (secondary N) is 1. The van der Waals surface area contributed by atoms with Crippen LogP contribution in [0.3, 0.4) is 0 Å². The minimum Gasteiger partial charge on any atom is -0.442 e. The van der Waals surface area contributed by atoms with Crippen LogP contribution in [0.25, 0.3) is 0 Å². The van der Waals surface area contributed by atoms with Gasteiger partial charge in [-0.1, -0.05) is 0 Å². The summed E-state index contributed by atoms with van der Waals surface area (Å²) in [5.74, 6) is -0.775. The van der Waals surface area contributed by atoms with Gasteiger partial charge in [0.05, 0.1) is 31.0 Å². The van der Waals surface area contributed by atoms with Crippen molar-refractivity contribution < 1.29 is 23.5 Å². The van der Waals surface area contributed by atoms with Crippen LogP contribution in [0.2, 0.25) is 0 Å². The Bertz CT molecular complexity index is 801. The third kappa shape index (κ3) is 4.07. The van der Waals surface area contributed by atoms with Crippen LogP contribution in [0.1, 0.15) is 6.92 Å². The topological polar surface area (TPSA) is 121 Å². The van der Waals surface area contributed by atoms with Crippen molar-refractivity contribution in [3.05, 3.63) is 24.0 Å². The van der Waals surface area contributed by atoms with Gasteiger partial charge in [0.15, 0.2) is 0 Å². The summed E-state index contributed by atoms with van der Waals surface area (Å²) in [6, 6.07) is 3.66. The average Bonchev–Trinajstić information content (AvgIpc) is 3.01. The fourth-order valence-electron chi connectivity index (χ4n) is 2.79. The highest BCUT2D eigenvalue weighted by molar-refractivity contribution is 5.91. The SMILES string of the molecule is CC(=O)NC[C@H]1CN(c2ccc(N3C=NN(C(N)=O)CC3)c(F)c2)C(=O)O1. The molecule has 3 N–H and O–H groups in total. The maximum atomic E-state index is 14.6. The first-order valence-electron chi connectivity index (χ1n) is 8.25. The molecule has 2 heterocycles. The molecule has 1 aromatic carbocycles. The highest BCUT2D eigenvalue weighted by Crippen LogP contribution is 2.28. The molecule has 144 valence electrons. The van der Waals surface area contributed by atoms with Crippen molar-refractivity contribution >= 4 is 35.7 Å². The Morgan fingerprint density at radius 1 is 1.41 bits per heavy atom. The van der Waals surface area contributed by atoms with Crippen LogP contribution in [0.15, 0.2) is 23.3 Å². The van der Waals surface area contributed by atoms with Crippen LogP contribution in [0.5, 0.6) is 0 Å². The molecule has 0 aliphatic carbocycles. The molecule has 10 nitrogen and oxygen atoms in total. The van der Waals surface area contributed by atoms with Crippen molar-refractivity contribution in [3.63, 3.8) is 0 Å². The van der Waals surface area contributed by atoms with Crippen molar-refractivity contribution in [3.8, 4) is 0 Å². The Morgan fingerprint density at radius 3 is 2.78 bits per heavy atom. The summed E-state index contributed by atoms with van der Waals surface area (Å²) in [6.07, 6.45) is 0.215. The van der Waals surface area contributed by atoms with E-state index in [9.17, 15) is 18.8 Å². The van der Waals surface area contributed by atoms with Gasteiger partial charge in [-0.3, -0.25) is 9.69 Å². The summed E-state index contributed by atoms with van der Waals surface area (Å²) in [5, 5.41) is 7.52. The fraction of sp³-hybridized carbons (Fsp3) is 0.375. The predicted molar refractivity (Wildman–Crippen MR) is 94.8 cm³/mol. The first-order valence-corrected chi connectivity index (χ1v) is 8.25. The molecule has 3 rings (SSSR count). The Morgan fingerprint density at radius 2 is 2.19 bits per heavy atom. The van der Waals surface area contributed by atoms with E-state index in [1.165, 1.54) is 30.3 Å². The van der Waals surface area contributed by atoms with Crippen LogP contribution < -0.4 is 20.9 Å². The van der Waals surface area contributed by atoms with Crippen molar-refractivity contribution in [1.82, 2.24) is 10.3 Å². The van der Waals surface area contributed by atoms with Crippen LogP contribution in [-0.2, 0) is 9.53 Å². The van der Waals surface area contributed by atoms with Gasteiger partial charge in [0.2, 0.25) is 5.91 Å². The van der Waals surface area contributed by atoms with E-state index in [1.54, 1.807) is 11.0 Å². The van der Waals surface area contributed by atoms with Crippen LogP contribution >= 0.6 is 0 Å². The summed E-state index contributed by atoms with van der Waals surface area (Å²) >= 11 is 0. The molecule has 0 unspecified atom stereocenters. The first kappa shape index (κ1) is 18.4. The molecular formula is C16H19FN6O4. The molecule has 1 aromatic rings. The number of rotatable bonds is 4. The number of anilines is 2. The zero-order chi connectivity index (χ0) is 19.6. The van der Waals surface area contributed by atoms with E-state index in [0.29, 0.717) is 12.2 Å². The molecule has 27 heavy (non-hydrogen) atoms. The van der Waals surface area contributed by atoms with E-state index in [2.05, 4.69) is 10.4 Å². The molecular weight excluding hydrogens is 359 g/mol. The second kappa shape index (κ2) is 7.48. The van der Waals surface area contributed by atoms with E-state index in [-0.39, 0.29) is 31.2 Å². The third-order valence-corrected chi connectivity index (χ3v) is 4.14. The van der Waals surface area contributed by atoms with E-state index in [0.717, 1.165) is 5.01 Å². The number of nitrogens with two attached hydrogens (primary N) is 1. The third-order valence-electron chi connectivity index (χ3n) is 4.14. The lowest BCUT2D eigenvalue weighted by atomic mass is 10.2. The summed E-state index contributed by atoms with van der Waals surface area (Å²) in [4.78, 5) is 36.9. The number of ether oxygens (including phenoxy) is 1. The van der Waals surface area contributed by atoms with Gasteiger partial charge in [0.25, 0.3) is 0 Å².